The van der Waals surface area contributed by atoms with Crippen molar-refractivity contribution < 1.29 is 19.7 Å². The predicted octanol–water partition coefficient (Wildman–Crippen LogP) is 3.57. The van der Waals surface area contributed by atoms with Crippen LogP contribution in [-0.2, 0) is 16.1 Å². The van der Waals surface area contributed by atoms with Gasteiger partial charge in [0.15, 0.2) is 0 Å². The molecule has 116 valence electrons. The first-order valence-electron chi connectivity index (χ1n) is 7.68. The molecule has 0 amide bonds. The summed E-state index contributed by atoms with van der Waals surface area (Å²) in [7, 11) is 0. The number of hydrogen-bond acceptors (Lipinski definition) is 4. The van der Waals surface area contributed by atoms with Crippen LogP contribution in [-0.4, -0.2) is 23.4 Å². The third-order valence-corrected chi connectivity index (χ3v) is 3.61. The van der Waals surface area contributed by atoms with Crippen LogP contribution >= 0.6 is 0 Å². The molecule has 0 fully saturated rings. The van der Waals surface area contributed by atoms with Gasteiger partial charge in [-0.15, -0.1) is 0 Å². The number of rotatable bonds is 8. The molecule has 21 heavy (non-hydrogen) atoms. The summed E-state index contributed by atoms with van der Waals surface area (Å²) in [5, 5.41) is 18.7. The zero-order valence-electron chi connectivity index (χ0n) is 12.6. The van der Waals surface area contributed by atoms with E-state index in [4.69, 9.17) is 14.6 Å². The molecule has 0 bridgehead atoms. The number of ether oxygens (including phenoxy) is 2. The van der Waals surface area contributed by atoms with Crippen molar-refractivity contribution in [1.29, 1.82) is 0 Å². The number of aliphatic hydroxyl groups is 1. The number of benzene rings is 1. The van der Waals surface area contributed by atoms with Gasteiger partial charge in [-0.25, -0.2) is 0 Å². The van der Waals surface area contributed by atoms with E-state index >= 15 is 0 Å². The minimum absolute atomic E-state index is 0.229. The number of fused-ring (bicyclic) bond motifs is 1. The molecule has 2 N–H and O–H groups in total. The normalized spacial score (nSPS) is 13.8. The SMILES string of the molecule is CCCC1=C(OCCCCCO)OCc2c(O)cccc21. The Morgan fingerprint density at radius 2 is 2.10 bits per heavy atom. The lowest BCUT2D eigenvalue weighted by Gasteiger charge is -2.24. The summed E-state index contributed by atoms with van der Waals surface area (Å²) in [6.07, 6.45) is 4.51. The van der Waals surface area contributed by atoms with Gasteiger partial charge in [0.05, 0.1) is 6.61 Å². The fourth-order valence-corrected chi connectivity index (χ4v) is 2.51. The summed E-state index contributed by atoms with van der Waals surface area (Å²) in [5.74, 6) is 0.877. The van der Waals surface area contributed by atoms with E-state index in [2.05, 4.69) is 6.92 Å². The van der Waals surface area contributed by atoms with Crippen molar-refractivity contribution >= 4 is 5.57 Å². The van der Waals surface area contributed by atoms with Crippen LogP contribution in [0.15, 0.2) is 24.1 Å². The average molecular weight is 292 g/mol. The van der Waals surface area contributed by atoms with E-state index in [9.17, 15) is 5.11 Å². The number of phenolic OH excluding ortho intramolecular Hbond substituents is 1. The first kappa shape index (κ1) is 15.7. The second-order valence-electron chi connectivity index (χ2n) is 5.24. The summed E-state index contributed by atoms with van der Waals surface area (Å²) < 4.78 is 11.5. The van der Waals surface area contributed by atoms with E-state index in [0.29, 0.717) is 19.2 Å². The monoisotopic (exact) mass is 292 g/mol. The van der Waals surface area contributed by atoms with Crippen LogP contribution in [0, 0.1) is 0 Å². The van der Waals surface area contributed by atoms with E-state index < -0.39 is 0 Å². The smallest absolute Gasteiger partial charge is 0.283 e. The van der Waals surface area contributed by atoms with Crippen molar-refractivity contribution in [3.8, 4) is 5.75 Å². The molecular formula is C17H24O4. The maximum atomic E-state index is 9.93. The number of unbranched alkanes of at least 4 members (excludes halogenated alkanes) is 2. The van der Waals surface area contributed by atoms with Gasteiger partial charge < -0.3 is 19.7 Å². The molecule has 1 aliphatic rings. The van der Waals surface area contributed by atoms with Crippen LogP contribution in [0.2, 0.25) is 0 Å². The number of allylic oxidation sites excluding steroid dienone is 1. The first-order chi connectivity index (χ1) is 10.3. The van der Waals surface area contributed by atoms with E-state index in [-0.39, 0.29) is 12.4 Å². The summed E-state index contributed by atoms with van der Waals surface area (Å²) in [6, 6.07) is 5.55. The lowest BCUT2D eigenvalue weighted by molar-refractivity contribution is 0.0233. The Morgan fingerprint density at radius 3 is 2.86 bits per heavy atom. The van der Waals surface area contributed by atoms with Gasteiger partial charge in [0.2, 0.25) is 0 Å². The second kappa shape index (κ2) is 7.93. The van der Waals surface area contributed by atoms with Crippen LogP contribution < -0.4 is 0 Å². The number of aromatic hydroxyl groups is 1. The average Bonchev–Trinajstić information content (AvgIpc) is 2.49. The molecule has 0 unspecified atom stereocenters. The van der Waals surface area contributed by atoms with E-state index in [1.165, 1.54) is 0 Å². The Labute approximate surface area is 126 Å². The lowest BCUT2D eigenvalue weighted by Crippen LogP contribution is -2.11. The van der Waals surface area contributed by atoms with E-state index in [1.54, 1.807) is 6.07 Å². The Balaban J connectivity index is 2.11. The summed E-state index contributed by atoms with van der Waals surface area (Å²) in [4.78, 5) is 0. The molecule has 0 spiro atoms. The molecule has 4 nitrogen and oxygen atoms in total. The topological polar surface area (TPSA) is 58.9 Å². The Bertz CT molecular complexity index is 494. The van der Waals surface area contributed by atoms with Gasteiger partial charge in [0.1, 0.15) is 12.4 Å². The van der Waals surface area contributed by atoms with Gasteiger partial charge in [-0.1, -0.05) is 25.5 Å². The third-order valence-electron chi connectivity index (χ3n) is 3.61. The highest BCUT2D eigenvalue weighted by Crippen LogP contribution is 2.37. The molecule has 0 saturated heterocycles. The van der Waals surface area contributed by atoms with Crippen LogP contribution in [0.5, 0.6) is 5.75 Å². The van der Waals surface area contributed by atoms with Gasteiger partial charge in [0.25, 0.3) is 5.95 Å². The van der Waals surface area contributed by atoms with Gasteiger partial charge in [-0.05, 0) is 37.3 Å². The standard InChI is InChI=1S/C17H24O4/c1-2-7-14-13-8-6-9-16(19)15(13)12-21-17(14)20-11-5-3-4-10-18/h6,8-9,18-19H,2-5,7,10-12H2,1H3. The molecule has 0 aliphatic carbocycles. The Morgan fingerprint density at radius 1 is 1.24 bits per heavy atom. The van der Waals surface area contributed by atoms with Crippen molar-refractivity contribution in [3.63, 3.8) is 0 Å². The highest BCUT2D eigenvalue weighted by Gasteiger charge is 2.23. The molecule has 1 aliphatic heterocycles. The Hall–Kier alpha value is -1.68. The van der Waals surface area contributed by atoms with E-state index in [0.717, 1.165) is 48.8 Å². The van der Waals surface area contributed by atoms with Crippen molar-refractivity contribution in [1.82, 2.24) is 0 Å². The predicted molar refractivity (Wildman–Crippen MR) is 81.6 cm³/mol. The fraction of sp³-hybridized carbons (Fsp3) is 0.529. The number of hydrogen-bond donors (Lipinski definition) is 2. The van der Waals surface area contributed by atoms with Crippen molar-refractivity contribution in [2.45, 2.75) is 45.6 Å². The molecule has 4 heteroatoms. The van der Waals surface area contributed by atoms with Crippen molar-refractivity contribution in [2.75, 3.05) is 13.2 Å². The molecule has 1 aromatic rings. The maximum absolute atomic E-state index is 9.93. The van der Waals surface area contributed by atoms with Gasteiger partial charge >= 0.3 is 0 Å². The quantitative estimate of drug-likeness (QED) is 0.719. The van der Waals surface area contributed by atoms with Crippen LogP contribution in [0.4, 0.5) is 0 Å². The molecule has 2 rings (SSSR count). The van der Waals surface area contributed by atoms with Crippen LogP contribution in [0.3, 0.4) is 0 Å². The lowest BCUT2D eigenvalue weighted by atomic mass is 9.95. The molecule has 0 saturated carbocycles. The van der Waals surface area contributed by atoms with Crippen molar-refractivity contribution in [2.24, 2.45) is 0 Å². The molecule has 0 aromatic heterocycles. The molecule has 0 atom stereocenters. The summed E-state index contributed by atoms with van der Waals surface area (Å²) >= 11 is 0. The zero-order chi connectivity index (χ0) is 15.1. The molecule has 0 radical (unpaired) electrons. The summed E-state index contributed by atoms with van der Waals surface area (Å²) in [6.45, 7) is 3.29. The largest absolute Gasteiger partial charge is 0.508 e. The molecular weight excluding hydrogens is 268 g/mol. The first-order valence-corrected chi connectivity index (χ1v) is 7.68. The second-order valence-corrected chi connectivity index (χ2v) is 5.24. The maximum Gasteiger partial charge on any atom is 0.283 e. The van der Waals surface area contributed by atoms with Crippen molar-refractivity contribution in [3.05, 3.63) is 35.3 Å². The molecule has 1 heterocycles. The number of aliphatic hydroxyl groups excluding tert-OH is 1. The highest BCUT2D eigenvalue weighted by atomic mass is 16.7. The summed E-state index contributed by atoms with van der Waals surface area (Å²) in [5.41, 5.74) is 2.92. The zero-order valence-corrected chi connectivity index (χ0v) is 12.6. The fourth-order valence-electron chi connectivity index (χ4n) is 2.51. The van der Waals surface area contributed by atoms with Crippen LogP contribution in [0.1, 0.15) is 50.2 Å². The van der Waals surface area contributed by atoms with Gasteiger partial charge in [0, 0.05) is 17.7 Å². The third kappa shape index (κ3) is 3.91. The number of phenols is 1. The van der Waals surface area contributed by atoms with Gasteiger partial charge in [-0.2, -0.15) is 0 Å². The minimum atomic E-state index is 0.229. The van der Waals surface area contributed by atoms with Gasteiger partial charge in [-0.3, -0.25) is 0 Å². The highest BCUT2D eigenvalue weighted by molar-refractivity contribution is 5.72. The van der Waals surface area contributed by atoms with E-state index in [1.807, 2.05) is 12.1 Å². The minimum Gasteiger partial charge on any atom is -0.508 e. The Kier molecular flexibility index (Phi) is 5.93. The van der Waals surface area contributed by atoms with Crippen LogP contribution in [0.25, 0.3) is 5.57 Å². The molecule has 1 aromatic carbocycles.